The second-order valence-corrected chi connectivity index (χ2v) is 4.73. The molecule has 1 aromatic rings. The van der Waals surface area contributed by atoms with Crippen LogP contribution in [0.3, 0.4) is 0 Å². The molecule has 1 atom stereocenters. The van der Waals surface area contributed by atoms with Gasteiger partial charge < -0.3 is 15.8 Å². The van der Waals surface area contributed by atoms with E-state index in [4.69, 9.17) is 5.73 Å². The van der Waals surface area contributed by atoms with Crippen LogP contribution in [0.25, 0.3) is 0 Å². The summed E-state index contributed by atoms with van der Waals surface area (Å²) in [5, 5.41) is 2.68. The summed E-state index contributed by atoms with van der Waals surface area (Å²) in [6.07, 6.45) is 0.186. The molecule has 0 fully saturated rings. The van der Waals surface area contributed by atoms with E-state index in [2.05, 4.69) is 10.1 Å². The predicted molar refractivity (Wildman–Crippen MR) is 73.3 cm³/mol. The van der Waals surface area contributed by atoms with Crippen LogP contribution in [0.15, 0.2) is 24.3 Å². The van der Waals surface area contributed by atoms with E-state index in [9.17, 15) is 9.59 Å². The number of nitrogens with one attached hydrogen (secondary N) is 1. The molecule has 104 valence electrons. The van der Waals surface area contributed by atoms with Crippen molar-refractivity contribution in [1.82, 2.24) is 5.32 Å². The number of hydrogen-bond acceptors (Lipinski definition) is 4. The van der Waals surface area contributed by atoms with Gasteiger partial charge in [-0.3, -0.25) is 4.79 Å². The maximum absolute atomic E-state index is 11.9. The van der Waals surface area contributed by atoms with E-state index in [-0.39, 0.29) is 18.2 Å². The van der Waals surface area contributed by atoms with Gasteiger partial charge in [0.2, 0.25) is 5.91 Å². The smallest absolute Gasteiger partial charge is 0.328 e. The normalized spacial score (nSPS) is 12.0. The SMILES string of the molecule is COC(=O)C(NC(=O)Cc1cccc(N)c1)C(C)C. The number of rotatable bonds is 5. The standard InChI is InChI=1S/C14H20N2O3/c1-9(2)13(14(18)19-3)16-12(17)8-10-5-4-6-11(15)7-10/h4-7,9,13H,8,15H2,1-3H3,(H,16,17). The van der Waals surface area contributed by atoms with Gasteiger partial charge in [0.15, 0.2) is 0 Å². The van der Waals surface area contributed by atoms with E-state index in [0.717, 1.165) is 5.56 Å². The van der Waals surface area contributed by atoms with Gasteiger partial charge in [0.25, 0.3) is 0 Å². The van der Waals surface area contributed by atoms with Crippen molar-refractivity contribution in [2.45, 2.75) is 26.3 Å². The Morgan fingerprint density at radius 1 is 1.37 bits per heavy atom. The number of anilines is 1. The summed E-state index contributed by atoms with van der Waals surface area (Å²) in [5.74, 6) is -0.692. The number of methoxy groups -OCH3 is 1. The highest BCUT2D eigenvalue weighted by Gasteiger charge is 2.24. The third kappa shape index (κ3) is 4.62. The second-order valence-electron chi connectivity index (χ2n) is 4.73. The number of hydrogen-bond donors (Lipinski definition) is 2. The molecule has 0 bridgehead atoms. The molecule has 1 rings (SSSR count). The number of carbonyl (C=O) groups is 2. The van der Waals surface area contributed by atoms with Crippen LogP contribution in [-0.4, -0.2) is 25.0 Å². The van der Waals surface area contributed by atoms with Crippen LogP contribution in [0.5, 0.6) is 0 Å². The zero-order valence-corrected chi connectivity index (χ0v) is 11.5. The van der Waals surface area contributed by atoms with Crippen molar-refractivity contribution < 1.29 is 14.3 Å². The lowest BCUT2D eigenvalue weighted by Gasteiger charge is -2.19. The Balaban J connectivity index is 2.65. The topological polar surface area (TPSA) is 81.4 Å². The summed E-state index contributed by atoms with van der Waals surface area (Å²) in [4.78, 5) is 23.4. The van der Waals surface area contributed by atoms with Gasteiger partial charge in [-0.25, -0.2) is 4.79 Å². The summed E-state index contributed by atoms with van der Waals surface area (Å²) in [6, 6.07) is 6.48. The molecule has 0 aliphatic carbocycles. The Hall–Kier alpha value is -2.04. The minimum atomic E-state index is -0.626. The van der Waals surface area contributed by atoms with Gasteiger partial charge in [-0.15, -0.1) is 0 Å². The van der Waals surface area contributed by atoms with Gasteiger partial charge in [0, 0.05) is 5.69 Å². The Kier molecular flexibility index (Phi) is 5.36. The second kappa shape index (κ2) is 6.78. The number of carbonyl (C=O) groups excluding carboxylic acids is 2. The first-order valence-corrected chi connectivity index (χ1v) is 6.15. The highest BCUT2D eigenvalue weighted by Crippen LogP contribution is 2.08. The van der Waals surface area contributed by atoms with Gasteiger partial charge in [-0.2, -0.15) is 0 Å². The van der Waals surface area contributed by atoms with Crippen LogP contribution in [0, 0.1) is 5.92 Å². The lowest BCUT2D eigenvalue weighted by molar-refractivity contribution is -0.146. The largest absolute Gasteiger partial charge is 0.467 e. The molecule has 3 N–H and O–H groups in total. The molecule has 19 heavy (non-hydrogen) atoms. The zero-order valence-electron chi connectivity index (χ0n) is 11.5. The Bertz CT molecular complexity index is 458. The van der Waals surface area contributed by atoms with Crippen molar-refractivity contribution >= 4 is 17.6 Å². The molecule has 5 heteroatoms. The van der Waals surface area contributed by atoms with E-state index < -0.39 is 12.0 Å². The number of nitrogens with two attached hydrogens (primary N) is 1. The number of amides is 1. The summed E-state index contributed by atoms with van der Waals surface area (Å²) in [6.45, 7) is 3.70. The van der Waals surface area contributed by atoms with Crippen LogP contribution in [-0.2, 0) is 20.7 Å². The molecule has 1 unspecified atom stereocenters. The summed E-state index contributed by atoms with van der Waals surface area (Å²) >= 11 is 0. The minimum absolute atomic E-state index is 0.0303. The molecule has 0 aliphatic heterocycles. The summed E-state index contributed by atoms with van der Waals surface area (Å²) < 4.78 is 4.67. The summed E-state index contributed by atoms with van der Waals surface area (Å²) in [5.41, 5.74) is 7.07. The van der Waals surface area contributed by atoms with Crippen LogP contribution in [0.2, 0.25) is 0 Å². The Morgan fingerprint density at radius 2 is 2.05 bits per heavy atom. The summed E-state index contributed by atoms with van der Waals surface area (Å²) in [7, 11) is 1.31. The number of nitrogen functional groups attached to an aromatic ring is 1. The van der Waals surface area contributed by atoms with Gasteiger partial charge in [-0.05, 0) is 23.6 Å². The fourth-order valence-electron chi connectivity index (χ4n) is 1.74. The van der Waals surface area contributed by atoms with Crippen molar-refractivity contribution in [2.24, 2.45) is 5.92 Å². The van der Waals surface area contributed by atoms with Crippen molar-refractivity contribution in [3.8, 4) is 0 Å². The van der Waals surface area contributed by atoms with E-state index in [1.165, 1.54) is 7.11 Å². The van der Waals surface area contributed by atoms with Crippen LogP contribution in [0.1, 0.15) is 19.4 Å². The van der Waals surface area contributed by atoms with Crippen molar-refractivity contribution in [3.63, 3.8) is 0 Å². The predicted octanol–water partition coefficient (Wildman–Crippen LogP) is 1.13. The molecule has 5 nitrogen and oxygen atoms in total. The molecule has 0 saturated heterocycles. The molecule has 1 amide bonds. The minimum Gasteiger partial charge on any atom is -0.467 e. The Morgan fingerprint density at radius 3 is 2.58 bits per heavy atom. The van der Waals surface area contributed by atoms with E-state index in [1.54, 1.807) is 18.2 Å². The van der Waals surface area contributed by atoms with E-state index >= 15 is 0 Å². The monoisotopic (exact) mass is 264 g/mol. The quantitative estimate of drug-likeness (QED) is 0.617. The van der Waals surface area contributed by atoms with Crippen LogP contribution in [0.4, 0.5) is 5.69 Å². The van der Waals surface area contributed by atoms with Crippen LogP contribution >= 0.6 is 0 Å². The van der Waals surface area contributed by atoms with Crippen molar-refractivity contribution in [2.75, 3.05) is 12.8 Å². The first kappa shape index (κ1) is 15.0. The van der Waals surface area contributed by atoms with Crippen LogP contribution < -0.4 is 11.1 Å². The van der Waals surface area contributed by atoms with Gasteiger partial charge in [0.05, 0.1) is 13.5 Å². The van der Waals surface area contributed by atoms with Gasteiger partial charge in [0.1, 0.15) is 6.04 Å². The molecule has 1 aromatic carbocycles. The van der Waals surface area contributed by atoms with Crippen molar-refractivity contribution in [3.05, 3.63) is 29.8 Å². The molecule has 0 radical (unpaired) electrons. The maximum atomic E-state index is 11.9. The third-order valence-corrected chi connectivity index (χ3v) is 2.75. The number of benzene rings is 1. The fraction of sp³-hybridized carbons (Fsp3) is 0.429. The molecule has 0 saturated carbocycles. The molecule has 0 spiro atoms. The Labute approximate surface area is 113 Å². The average molecular weight is 264 g/mol. The molecular formula is C14H20N2O3. The molecular weight excluding hydrogens is 244 g/mol. The first-order chi connectivity index (χ1) is 8.93. The molecule has 0 heterocycles. The van der Waals surface area contributed by atoms with E-state index in [0.29, 0.717) is 5.69 Å². The zero-order chi connectivity index (χ0) is 14.4. The first-order valence-electron chi connectivity index (χ1n) is 6.15. The number of esters is 1. The van der Waals surface area contributed by atoms with Crippen molar-refractivity contribution in [1.29, 1.82) is 0 Å². The van der Waals surface area contributed by atoms with Gasteiger partial charge in [-0.1, -0.05) is 26.0 Å². The fourth-order valence-corrected chi connectivity index (χ4v) is 1.74. The maximum Gasteiger partial charge on any atom is 0.328 e. The lowest BCUT2D eigenvalue weighted by atomic mass is 10.0. The molecule has 0 aromatic heterocycles. The molecule has 0 aliphatic rings. The highest BCUT2D eigenvalue weighted by atomic mass is 16.5. The highest BCUT2D eigenvalue weighted by molar-refractivity contribution is 5.85. The average Bonchev–Trinajstić information content (AvgIpc) is 2.34. The number of ether oxygens (including phenoxy) is 1. The van der Waals surface area contributed by atoms with E-state index in [1.807, 2.05) is 19.9 Å². The lowest BCUT2D eigenvalue weighted by Crippen LogP contribution is -2.45. The third-order valence-electron chi connectivity index (χ3n) is 2.75. The van der Waals surface area contributed by atoms with Gasteiger partial charge >= 0.3 is 5.97 Å².